The summed E-state index contributed by atoms with van der Waals surface area (Å²) in [6.45, 7) is 3.70. The van der Waals surface area contributed by atoms with Crippen molar-refractivity contribution in [3.8, 4) is 6.07 Å². The number of rotatable bonds is 2. The summed E-state index contributed by atoms with van der Waals surface area (Å²) in [4.78, 5) is 17.2. The first kappa shape index (κ1) is 16.6. The molecule has 3 aliphatic rings. The highest BCUT2D eigenvalue weighted by Gasteiger charge is 2.44. The van der Waals surface area contributed by atoms with Gasteiger partial charge in [0.15, 0.2) is 0 Å². The van der Waals surface area contributed by atoms with Crippen molar-refractivity contribution < 1.29 is 9.90 Å². The van der Waals surface area contributed by atoms with Crippen molar-refractivity contribution in [2.24, 2.45) is 11.8 Å². The lowest BCUT2D eigenvalue weighted by atomic mass is 9.77. The standard InChI is InChI=1S/C20H25N3O2/c21-11-14-4-3-5-15(8-14)20(25)23-12-16-9-18(22-6-1-2-7-22)19(24)10-17(16)13-23/h3-5,8,16-19,24H,1-2,6-7,9-10,12-13H2/t16-,17+,18-,19-/m1/s1. The summed E-state index contributed by atoms with van der Waals surface area (Å²) in [7, 11) is 0. The summed E-state index contributed by atoms with van der Waals surface area (Å²) in [5, 5.41) is 19.6. The zero-order chi connectivity index (χ0) is 17.4. The molecule has 1 saturated carbocycles. The highest BCUT2D eigenvalue weighted by molar-refractivity contribution is 5.94. The molecule has 0 aromatic heterocycles. The Labute approximate surface area is 148 Å². The molecule has 2 saturated heterocycles. The first-order valence-electron chi connectivity index (χ1n) is 9.37. The molecule has 1 aromatic rings. The number of aliphatic hydroxyl groups is 1. The SMILES string of the molecule is N#Cc1cccc(C(=O)N2C[C@H]3C[C@@H](N4CCCC4)[C@H](O)C[C@H]3C2)c1. The Hall–Kier alpha value is -1.90. The van der Waals surface area contributed by atoms with Crippen LogP contribution in [0.4, 0.5) is 0 Å². The number of nitriles is 1. The highest BCUT2D eigenvalue weighted by atomic mass is 16.3. The van der Waals surface area contributed by atoms with E-state index in [9.17, 15) is 9.90 Å². The number of benzene rings is 1. The molecule has 0 unspecified atom stereocenters. The van der Waals surface area contributed by atoms with Gasteiger partial charge in [0.25, 0.3) is 5.91 Å². The average molecular weight is 339 g/mol. The van der Waals surface area contributed by atoms with E-state index in [1.165, 1.54) is 12.8 Å². The summed E-state index contributed by atoms with van der Waals surface area (Å²) in [5.41, 5.74) is 1.11. The minimum Gasteiger partial charge on any atom is -0.391 e. The summed E-state index contributed by atoms with van der Waals surface area (Å²) < 4.78 is 0. The van der Waals surface area contributed by atoms with Crippen LogP contribution >= 0.6 is 0 Å². The molecule has 5 nitrogen and oxygen atoms in total. The van der Waals surface area contributed by atoms with Crippen molar-refractivity contribution in [1.29, 1.82) is 5.26 Å². The lowest BCUT2D eigenvalue weighted by Crippen LogP contribution is -2.48. The van der Waals surface area contributed by atoms with Crippen LogP contribution in [0.1, 0.15) is 41.6 Å². The van der Waals surface area contributed by atoms with Gasteiger partial charge in [-0.15, -0.1) is 0 Å². The van der Waals surface area contributed by atoms with E-state index in [-0.39, 0.29) is 18.1 Å². The summed E-state index contributed by atoms with van der Waals surface area (Å²) in [6, 6.07) is 9.30. The fraction of sp³-hybridized carbons (Fsp3) is 0.600. The summed E-state index contributed by atoms with van der Waals surface area (Å²) in [6.07, 6.45) is 3.99. The third-order valence-corrected chi connectivity index (χ3v) is 6.24. The lowest BCUT2D eigenvalue weighted by Gasteiger charge is -2.40. The number of carbonyl (C=O) groups excluding carboxylic acids is 1. The van der Waals surface area contributed by atoms with Crippen LogP contribution in [-0.2, 0) is 0 Å². The van der Waals surface area contributed by atoms with Gasteiger partial charge in [-0.3, -0.25) is 9.69 Å². The van der Waals surface area contributed by atoms with Crippen molar-refractivity contribution in [1.82, 2.24) is 9.80 Å². The molecule has 25 heavy (non-hydrogen) atoms. The van der Waals surface area contributed by atoms with Gasteiger partial charge in [0.1, 0.15) is 0 Å². The van der Waals surface area contributed by atoms with E-state index in [4.69, 9.17) is 5.26 Å². The minimum absolute atomic E-state index is 0.0127. The van der Waals surface area contributed by atoms with Crippen molar-refractivity contribution in [2.45, 2.75) is 37.8 Å². The predicted molar refractivity (Wildman–Crippen MR) is 93.9 cm³/mol. The Morgan fingerprint density at radius 3 is 2.60 bits per heavy atom. The van der Waals surface area contributed by atoms with Gasteiger partial charge in [0, 0.05) is 24.7 Å². The Morgan fingerprint density at radius 1 is 1.16 bits per heavy atom. The van der Waals surface area contributed by atoms with Crippen LogP contribution in [0.5, 0.6) is 0 Å². The number of carbonyl (C=O) groups is 1. The topological polar surface area (TPSA) is 67.6 Å². The van der Waals surface area contributed by atoms with E-state index >= 15 is 0 Å². The van der Waals surface area contributed by atoms with Crippen LogP contribution in [0.15, 0.2) is 24.3 Å². The van der Waals surface area contributed by atoms with Crippen LogP contribution in [0.25, 0.3) is 0 Å². The molecular formula is C20H25N3O2. The number of aliphatic hydroxyl groups excluding tert-OH is 1. The third kappa shape index (κ3) is 3.17. The Kier molecular flexibility index (Phi) is 4.49. The van der Waals surface area contributed by atoms with Crippen molar-refractivity contribution >= 4 is 5.91 Å². The van der Waals surface area contributed by atoms with E-state index in [0.717, 1.165) is 39.0 Å². The third-order valence-electron chi connectivity index (χ3n) is 6.24. The predicted octanol–water partition coefficient (Wildman–Crippen LogP) is 1.87. The second-order valence-electron chi connectivity index (χ2n) is 7.77. The smallest absolute Gasteiger partial charge is 0.253 e. The second-order valence-corrected chi connectivity index (χ2v) is 7.77. The van der Waals surface area contributed by atoms with Gasteiger partial charge in [-0.2, -0.15) is 5.26 Å². The van der Waals surface area contributed by atoms with E-state index in [1.807, 2.05) is 4.90 Å². The second kappa shape index (κ2) is 6.78. The quantitative estimate of drug-likeness (QED) is 0.893. The van der Waals surface area contributed by atoms with Gasteiger partial charge in [0.2, 0.25) is 0 Å². The van der Waals surface area contributed by atoms with Crippen LogP contribution in [-0.4, -0.2) is 59.1 Å². The Morgan fingerprint density at radius 2 is 1.88 bits per heavy atom. The van der Waals surface area contributed by atoms with Gasteiger partial charge in [-0.1, -0.05) is 6.07 Å². The molecule has 0 bridgehead atoms. The Bertz CT molecular complexity index is 692. The summed E-state index contributed by atoms with van der Waals surface area (Å²) in [5.74, 6) is 0.896. The number of likely N-dealkylation sites (tertiary alicyclic amines) is 2. The molecule has 4 atom stereocenters. The first-order chi connectivity index (χ1) is 12.2. The number of hydrogen-bond donors (Lipinski definition) is 1. The largest absolute Gasteiger partial charge is 0.391 e. The number of nitrogens with zero attached hydrogens (tertiary/aromatic N) is 3. The summed E-state index contributed by atoms with van der Waals surface area (Å²) >= 11 is 0. The number of hydrogen-bond acceptors (Lipinski definition) is 4. The Balaban J connectivity index is 1.45. The van der Waals surface area contributed by atoms with E-state index in [2.05, 4.69) is 11.0 Å². The molecule has 1 amide bonds. The number of fused-ring (bicyclic) bond motifs is 1. The normalized spacial score (nSPS) is 32.4. The van der Waals surface area contributed by atoms with Gasteiger partial charge in [-0.25, -0.2) is 0 Å². The molecule has 1 aromatic carbocycles. The van der Waals surface area contributed by atoms with Gasteiger partial charge in [-0.05, 0) is 68.8 Å². The molecule has 0 spiro atoms. The average Bonchev–Trinajstić information content (AvgIpc) is 3.29. The maximum atomic E-state index is 12.8. The molecule has 1 aliphatic carbocycles. The first-order valence-corrected chi connectivity index (χ1v) is 9.37. The maximum absolute atomic E-state index is 12.8. The van der Waals surface area contributed by atoms with Crippen LogP contribution < -0.4 is 0 Å². The fourth-order valence-corrected chi connectivity index (χ4v) is 4.94. The molecule has 2 heterocycles. The van der Waals surface area contributed by atoms with Gasteiger partial charge >= 0.3 is 0 Å². The molecule has 5 heteroatoms. The van der Waals surface area contributed by atoms with Crippen molar-refractivity contribution in [3.63, 3.8) is 0 Å². The van der Waals surface area contributed by atoms with Crippen LogP contribution in [0.3, 0.4) is 0 Å². The van der Waals surface area contributed by atoms with Gasteiger partial charge < -0.3 is 10.0 Å². The van der Waals surface area contributed by atoms with Crippen LogP contribution in [0.2, 0.25) is 0 Å². The molecular weight excluding hydrogens is 314 g/mol. The molecule has 3 fully saturated rings. The maximum Gasteiger partial charge on any atom is 0.253 e. The highest BCUT2D eigenvalue weighted by Crippen LogP contribution is 2.39. The van der Waals surface area contributed by atoms with Crippen molar-refractivity contribution in [2.75, 3.05) is 26.2 Å². The monoisotopic (exact) mass is 339 g/mol. The van der Waals surface area contributed by atoms with Crippen molar-refractivity contribution in [3.05, 3.63) is 35.4 Å². The van der Waals surface area contributed by atoms with E-state index in [1.54, 1.807) is 24.3 Å². The van der Waals surface area contributed by atoms with Crippen LogP contribution in [0, 0.1) is 23.2 Å². The zero-order valence-electron chi connectivity index (χ0n) is 14.5. The lowest BCUT2D eigenvalue weighted by molar-refractivity contribution is -0.000864. The van der Waals surface area contributed by atoms with Gasteiger partial charge in [0.05, 0.1) is 17.7 Å². The molecule has 4 rings (SSSR count). The number of amides is 1. The molecule has 132 valence electrons. The fourth-order valence-electron chi connectivity index (χ4n) is 4.94. The zero-order valence-corrected chi connectivity index (χ0v) is 14.5. The molecule has 1 N–H and O–H groups in total. The molecule has 2 aliphatic heterocycles. The van der Waals surface area contributed by atoms with E-state index in [0.29, 0.717) is 23.0 Å². The van der Waals surface area contributed by atoms with E-state index < -0.39 is 0 Å². The molecule has 0 radical (unpaired) electrons. The minimum atomic E-state index is -0.267.